The van der Waals surface area contributed by atoms with Crippen molar-refractivity contribution in [3.8, 4) is 5.75 Å². The number of benzene rings is 1. The molecule has 0 spiro atoms. The first kappa shape index (κ1) is 13.0. The lowest BCUT2D eigenvalue weighted by Gasteiger charge is -2.19. The molecule has 1 aliphatic heterocycles. The summed E-state index contributed by atoms with van der Waals surface area (Å²) in [4.78, 5) is 4.19. The molecule has 2 rings (SSSR count). The van der Waals surface area contributed by atoms with Crippen molar-refractivity contribution in [1.29, 1.82) is 0 Å². The van der Waals surface area contributed by atoms with Crippen LogP contribution >= 0.6 is 0 Å². The van der Waals surface area contributed by atoms with Gasteiger partial charge in [-0.1, -0.05) is 11.6 Å². The number of hydrogen-bond donors (Lipinski definition) is 0. The fraction of sp³-hybridized carbons (Fsp3) is 0.417. The van der Waals surface area contributed by atoms with E-state index in [-0.39, 0.29) is 6.73 Å². The van der Waals surface area contributed by atoms with Crippen molar-refractivity contribution in [2.45, 2.75) is 13.3 Å². The van der Waals surface area contributed by atoms with Crippen LogP contribution in [0.3, 0.4) is 0 Å². The molecule has 1 aromatic carbocycles. The zero-order valence-corrected chi connectivity index (χ0v) is 11.2. The lowest BCUT2D eigenvalue weighted by molar-refractivity contribution is 0.315. The Balaban J connectivity index is 2.21. The van der Waals surface area contributed by atoms with E-state index < -0.39 is 10.1 Å². The molecule has 5 nitrogen and oxygen atoms in total. The summed E-state index contributed by atoms with van der Waals surface area (Å²) in [6.07, 6.45) is 1.67. The lowest BCUT2D eigenvalue weighted by Crippen LogP contribution is -2.17. The zero-order valence-electron chi connectivity index (χ0n) is 10.3. The van der Waals surface area contributed by atoms with E-state index in [1.54, 1.807) is 0 Å². The predicted octanol–water partition coefficient (Wildman–Crippen LogP) is 1.50. The number of ether oxygens (including phenoxy) is 1. The fourth-order valence-corrected chi connectivity index (χ4v) is 2.00. The maximum Gasteiger partial charge on any atom is 0.266 e. The third-order valence-corrected chi connectivity index (χ3v) is 3.10. The van der Waals surface area contributed by atoms with Gasteiger partial charge in [-0.2, -0.15) is 8.42 Å². The molecule has 0 N–H and O–H groups in total. The number of fused-ring (bicyclic) bond motifs is 1. The average Bonchev–Trinajstić information content (AvgIpc) is 2.28. The third kappa shape index (κ3) is 3.30. The molecule has 0 radical (unpaired) electrons. The smallest absolute Gasteiger partial charge is 0.266 e. The highest BCUT2D eigenvalue weighted by Gasteiger charge is 2.16. The molecule has 0 fully saturated rings. The standard InChI is InChI=1S/C12H15NO4S/c1-9-3-4-12-10(7-9)11(5-6-16-12)13-8-17-18(2,14)15/h3-4,7H,5-6,8H2,1-2H3. The summed E-state index contributed by atoms with van der Waals surface area (Å²) in [6.45, 7) is 2.36. The van der Waals surface area contributed by atoms with Crippen molar-refractivity contribution in [3.63, 3.8) is 0 Å². The highest BCUT2D eigenvalue weighted by Crippen LogP contribution is 2.26. The Labute approximate surface area is 107 Å². The predicted molar refractivity (Wildman–Crippen MR) is 68.6 cm³/mol. The highest BCUT2D eigenvalue weighted by atomic mass is 32.2. The quantitative estimate of drug-likeness (QED) is 0.780. The van der Waals surface area contributed by atoms with Gasteiger partial charge < -0.3 is 4.74 Å². The van der Waals surface area contributed by atoms with Gasteiger partial charge in [0.05, 0.1) is 18.6 Å². The van der Waals surface area contributed by atoms with E-state index in [2.05, 4.69) is 9.18 Å². The topological polar surface area (TPSA) is 65.0 Å². The molecule has 0 saturated heterocycles. The van der Waals surface area contributed by atoms with Crippen molar-refractivity contribution in [2.24, 2.45) is 4.99 Å². The average molecular weight is 269 g/mol. The Bertz CT molecular complexity index is 578. The van der Waals surface area contributed by atoms with E-state index in [9.17, 15) is 8.42 Å². The zero-order chi connectivity index (χ0) is 13.2. The van der Waals surface area contributed by atoms with Gasteiger partial charge in [0, 0.05) is 12.0 Å². The van der Waals surface area contributed by atoms with E-state index in [0.717, 1.165) is 28.8 Å². The van der Waals surface area contributed by atoms with Gasteiger partial charge in [-0.25, -0.2) is 4.18 Å². The number of aryl methyl sites for hydroxylation is 1. The summed E-state index contributed by atoms with van der Waals surface area (Å²) in [5.74, 6) is 0.782. The number of nitrogens with zero attached hydrogens (tertiary/aromatic N) is 1. The molecule has 1 aliphatic rings. The first-order chi connectivity index (χ1) is 8.46. The maximum atomic E-state index is 10.9. The van der Waals surface area contributed by atoms with Crippen LogP contribution in [0.15, 0.2) is 23.2 Å². The summed E-state index contributed by atoms with van der Waals surface area (Å²) >= 11 is 0. The molecular weight excluding hydrogens is 254 g/mol. The Hall–Kier alpha value is -1.40. The van der Waals surface area contributed by atoms with Gasteiger partial charge >= 0.3 is 0 Å². The summed E-state index contributed by atoms with van der Waals surface area (Å²) in [5.41, 5.74) is 2.85. The SMILES string of the molecule is Cc1ccc2c(c1)C(=NCOS(C)(=O)=O)CCO2. The molecule has 0 atom stereocenters. The van der Waals surface area contributed by atoms with Crippen molar-refractivity contribution in [2.75, 3.05) is 19.6 Å². The first-order valence-electron chi connectivity index (χ1n) is 5.57. The van der Waals surface area contributed by atoms with E-state index in [1.807, 2.05) is 25.1 Å². The minimum atomic E-state index is -3.45. The number of hydrogen-bond acceptors (Lipinski definition) is 5. The molecule has 1 heterocycles. The Kier molecular flexibility index (Phi) is 3.68. The van der Waals surface area contributed by atoms with E-state index in [1.165, 1.54) is 0 Å². The van der Waals surface area contributed by atoms with Crippen LogP contribution < -0.4 is 4.74 Å². The van der Waals surface area contributed by atoms with Gasteiger partial charge in [0.15, 0.2) is 6.73 Å². The Morgan fingerprint density at radius 1 is 1.44 bits per heavy atom. The van der Waals surface area contributed by atoms with Crippen LogP contribution in [0.4, 0.5) is 0 Å². The Morgan fingerprint density at radius 3 is 2.94 bits per heavy atom. The molecule has 0 aromatic heterocycles. The van der Waals surface area contributed by atoms with Crippen LogP contribution in [0.1, 0.15) is 17.5 Å². The van der Waals surface area contributed by atoms with Crippen LogP contribution in [0.2, 0.25) is 0 Å². The van der Waals surface area contributed by atoms with Crippen LogP contribution in [0.5, 0.6) is 5.75 Å². The minimum Gasteiger partial charge on any atom is -0.492 e. The van der Waals surface area contributed by atoms with Crippen molar-refractivity contribution >= 4 is 15.8 Å². The van der Waals surface area contributed by atoms with Crippen LogP contribution in [0, 0.1) is 6.92 Å². The number of aliphatic imine (C=N–C) groups is 1. The van der Waals surface area contributed by atoms with Crippen LogP contribution in [0.25, 0.3) is 0 Å². The molecule has 0 amide bonds. The molecule has 0 unspecified atom stereocenters. The minimum absolute atomic E-state index is 0.179. The number of rotatable bonds is 3. The van der Waals surface area contributed by atoms with Gasteiger partial charge in [0.1, 0.15) is 5.75 Å². The van der Waals surface area contributed by atoms with Gasteiger partial charge in [-0.05, 0) is 19.1 Å². The third-order valence-electron chi connectivity index (χ3n) is 2.56. The summed E-state index contributed by atoms with van der Waals surface area (Å²) in [6, 6.07) is 5.85. The second-order valence-electron chi connectivity index (χ2n) is 4.15. The molecule has 6 heteroatoms. The molecule has 0 saturated carbocycles. The normalized spacial score (nSPS) is 17.3. The van der Waals surface area contributed by atoms with Crippen molar-refractivity contribution in [1.82, 2.24) is 0 Å². The van der Waals surface area contributed by atoms with E-state index in [0.29, 0.717) is 13.0 Å². The van der Waals surface area contributed by atoms with Crippen molar-refractivity contribution in [3.05, 3.63) is 29.3 Å². The lowest BCUT2D eigenvalue weighted by atomic mass is 10.0. The summed E-state index contributed by atoms with van der Waals surface area (Å²) in [5, 5.41) is 0. The fourth-order valence-electron chi connectivity index (χ4n) is 1.75. The van der Waals surface area contributed by atoms with E-state index in [4.69, 9.17) is 4.74 Å². The van der Waals surface area contributed by atoms with Crippen LogP contribution in [-0.2, 0) is 14.3 Å². The van der Waals surface area contributed by atoms with Crippen LogP contribution in [-0.4, -0.2) is 33.7 Å². The molecule has 98 valence electrons. The maximum absolute atomic E-state index is 10.9. The second kappa shape index (κ2) is 5.07. The van der Waals surface area contributed by atoms with Gasteiger partial charge in [-0.15, -0.1) is 0 Å². The van der Waals surface area contributed by atoms with Gasteiger partial charge in [0.25, 0.3) is 10.1 Å². The molecule has 0 aliphatic carbocycles. The molecular formula is C12H15NO4S. The van der Waals surface area contributed by atoms with Gasteiger partial charge in [0.2, 0.25) is 0 Å². The largest absolute Gasteiger partial charge is 0.492 e. The van der Waals surface area contributed by atoms with Crippen molar-refractivity contribution < 1.29 is 17.3 Å². The summed E-state index contributed by atoms with van der Waals surface area (Å²) in [7, 11) is -3.45. The molecule has 18 heavy (non-hydrogen) atoms. The first-order valence-corrected chi connectivity index (χ1v) is 7.39. The Morgan fingerprint density at radius 2 is 2.22 bits per heavy atom. The highest BCUT2D eigenvalue weighted by molar-refractivity contribution is 7.85. The van der Waals surface area contributed by atoms with E-state index >= 15 is 0 Å². The monoisotopic (exact) mass is 269 g/mol. The second-order valence-corrected chi connectivity index (χ2v) is 5.80. The van der Waals surface area contributed by atoms with Gasteiger partial charge in [-0.3, -0.25) is 4.99 Å². The molecule has 1 aromatic rings. The molecule has 0 bridgehead atoms. The summed E-state index contributed by atoms with van der Waals surface area (Å²) < 4.78 is 31.9.